The largest absolute Gasteiger partial charge is 0.315 e. The molecular formula is C12H21ClN2O2S. The standard InChI is InChI=1S/C12H20N2O2S.ClH/c1-3-8-13-9-10-14-17(15,16)12-6-4-11(2)5-7-12;/h4-7,13-14H,3,8-10H2,1-2H3;1H. The zero-order valence-corrected chi connectivity index (χ0v) is 12.4. The van der Waals surface area contributed by atoms with Gasteiger partial charge in [-0.25, -0.2) is 13.1 Å². The normalized spacial score (nSPS) is 11.0. The molecule has 0 radical (unpaired) electrons. The van der Waals surface area contributed by atoms with Crippen LogP contribution in [0.2, 0.25) is 0 Å². The minimum absolute atomic E-state index is 0. The van der Waals surface area contributed by atoms with Gasteiger partial charge in [0.05, 0.1) is 4.90 Å². The molecule has 0 saturated carbocycles. The average Bonchev–Trinajstić information content (AvgIpc) is 2.29. The second-order valence-corrected chi connectivity index (χ2v) is 5.73. The van der Waals surface area contributed by atoms with Gasteiger partial charge in [0.25, 0.3) is 0 Å². The minimum Gasteiger partial charge on any atom is -0.315 e. The van der Waals surface area contributed by atoms with Crippen LogP contribution in [0.1, 0.15) is 18.9 Å². The van der Waals surface area contributed by atoms with Crippen molar-refractivity contribution in [2.75, 3.05) is 19.6 Å². The maximum Gasteiger partial charge on any atom is 0.240 e. The molecule has 0 amide bonds. The Morgan fingerprint density at radius 1 is 1.06 bits per heavy atom. The Morgan fingerprint density at radius 2 is 1.67 bits per heavy atom. The molecule has 1 aromatic rings. The molecule has 1 aromatic carbocycles. The van der Waals surface area contributed by atoms with E-state index in [1.165, 1.54) is 0 Å². The second kappa shape index (κ2) is 8.48. The molecule has 0 unspecified atom stereocenters. The van der Waals surface area contributed by atoms with E-state index in [-0.39, 0.29) is 12.4 Å². The van der Waals surface area contributed by atoms with E-state index >= 15 is 0 Å². The van der Waals surface area contributed by atoms with Crippen LogP contribution in [-0.2, 0) is 10.0 Å². The maximum absolute atomic E-state index is 11.8. The summed E-state index contributed by atoms with van der Waals surface area (Å²) in [6.07, 6.45) is 1.05. The van der Waals surface area contributed by atoms with Gasteiger partial charge in [0.2, 0.25) is 10.0 Å². The molecule has 1 rings (SSSR count). The van der Waals surface area contributed by atoms with Crippen LogP contribution in [-0.4, -0.2) is 28.1 Å². The number of halogens is 1. The van der Waals surface area contributed by atoms with E-state index in [1.54, 1.807) is 24.3 Å². The minimum atomic E-state index is -3.35. The smallest absolute Gasteiger partial charge is 0.240 e. The first-order valence-electron chi connectivity index (χ1n) is 5.83. The molecule has 0 fully saturated rings. The monoisotopic (exact) mass is 292 g/mol. The van der Waals surface area contributed by atoms with Gasteiger partial charge in [0, 0.05) is 13.1 Å². The molecule has 6 heteroatoms. The Labute approximate surface area is 116 Å². The number of hydrogen-bond donors (Lipinski definition) is 2. The van der Waals surface area contributed by atoms with Crippen LogP contribution >= 0.6 is 12.4 Å². The molecular weight excluding hydrogens is 272 g/mol. The molecule has 0 aliphatic heterocycles. The molecule has 0 aromatic heterocycles. The predicted molar refractivity (Wildman–Crippen MR) is 76.8 cm³/mol. The van der Waals surface area contributed by atoms with E-state index in [0.717, 1.165) is 18.5 Å². The summed E-state index contributed by atoms with van der Waals surface area (Å²) >= 11 is 0. The van der Waals surface area contributed by atoms with Crippen molar-refractivity contribution in [1.29, 1.82) is 0 Å². The van der Waals surface area contributed by atoms with E-state index in [2.05, 4.69) is 17.0 Å². The topological polar surface area (TPSA) is 58.2 Å². The van der Waals surface area contributed by atoms with Crippen LogP contribution in [0.4, 0.5) is 0 Å². The first kappa shape index (κ1) is 17.4. The molecule has 104 valence electrons. The summed E-state index contributed by atoms with van der Waals surface area (Å²) in [5.41, 5.74) is 1.05. The lowest BCUT2D eigenvalue weighted by molar-refractivity contribution is 0.575. The third-order valence-corrected chi connectivity index (χ3v) is 3.83. The van der Waals surface area contributed by atoms with Gasteiger partial charge in [-0.15, -0.1) is 12.4 Å². The summed E-state index contributed by atoms with van der Waals surface area (Å²) in [5, 5.41) is 3.14. The lowest BCUT2D eigenvalue weighted by Crippen LogP contribution is -2.32. The zero-order valence-electron chi connectivity index (χ0n) is 10.8. The summed E-state index contributed by atoms with van der Waals surface area (Å²) in [5.74, 6) is 0. The number of rotatable bonds is 7. The van der Waals surface area contributed by atoms with Crippen molar-refractivity contribution >= 4 is 22.4 Å². The molecule has 18 heavy (non-hydrogen) atoms. The van der Waals surface area contributed by atoms with Crippen molar-refractivity contribution in [3.8, 4) is 0 Å². The van der Waals surface area contributed by atoms with Crippen LogP contribution in [0, 0.1) is 6.92 Å². The number of aryl methyl sites for hydroxylation is 1. The van der Waals surface area contributed by atoms with Gasteiger partial charge in [-0.3, -0.25) is 0 Å². The highest BCUT2D eigenvalue weighted by Gasteiger charge is 2.11. The van der Waals surface area contributed by atoms with E-state index in [0.29, 0.717) is 18.0 Å². The Hall–Kier alpha value is -0.620. The number of benzene rings is 1. The summed E-state index contributed by atoms with van der Waals surface area (Å²) in [7, 11) is -3.35. The van der Waals surface area contributed by atoms with Crippen molar-refractivity contribution < 1.29 is 8.42 Å². The van der Waals surface area contributed by atoms with Gasteiger partial charge in [-0.05, 0) is 32.0 Å². The summed E-state index contributed by atoms with van der Waals surface area (Å²) in [6, 6.07) is 6.84. The highest BCUT2D eigenvalue weighted by Crippen LogP contribution is 2.09. The van der Waals surface area contributed by atoms with Gasteiger partial charge < -0.3 is 5.32 Å². The quantitative estimate of drug-likeness (QED) is 0.752. The van der Waals surface area contributed by atoms with Crippen LogP contribution in [0.15, 0.2) is 29.2 Å². The van der Waals surface area contributed by atoms with E-state index in [9.17, 15) is 8.42 Å². The van der Waals surface area contributed by atoms with Crippen molar-refractivity contribution in [3.63, 3.8) is 0 Å². The van der Waals surface area contributed by atoms with Gasteiger partial charge in [0.15, 0.2) is 0 Å². The second-order valence-electron chi connectivity index (χ2n) is 3.96. The third kappa shape index (κ3) is 5.82. The Bertz CT molecular complexity index is 432. The van der Waals surface area contributed by atoms with Crippen LogP contribution < -0.4 is 10.0 Å². The summed E-state index contributed by atoms with van der Waals surface area (Å²) < 4.78 is 26.2. The van der Waals surface area contributed by atoms with E-state index < -0.39 is 10.0 Å². The average molecular weight is 293 g/mol. The molecule has 4 nitrogen and oxygen atoms in total. The van der Waals surface area contributed by atoms with Crippen molar-refractivity contribution in [1.82, 2.24) is 10.0 Å². The molecule has 2 N–H and O–H groups in total. The summed E-state index contributed by atoms with van der Waals surface area (Å²) in [6.45, 7) is 5.98. The fourth-order valence-electron chi connectivity index (χ4n) is 1.38. The third-order valence-electron chi connectivity index (χ3n) is 2.35. The molecule has 0 saturated heterocycles. The summed E-state index contributed by atoms with van der Waals surface area (Å²) in [4.78, 5) is 0.318. The van der Waals surface area contributed by atoms with Gasteiger partial charge in [-0.1, -0.05) is 24.6 Å². The van der Waals surface area contributed by atoms with Crippen molar-refractivity contribution in [2.24, 2.45) is 0 Å². The van der Waals surface area contributed by atoms with E-state index in [1.807, 2.05) is 6.92 Å². The molecule has 0 bridgehead atoms. The number of hydrogen-bond acceptors (Lipinski definition) is 3. The highest BCUT2D eigenvalue weighted by molar-refractivity contribution is 7.89. The van der Waals surface area contributed by atoms with Crippen LogP contribution in [0.5, 0.6) is 0 Å². The van der Waals surface area contributed by atoms with Gasteiger partial charge in [0.1, 0.15) is 0 Å². The first-order chi connectivity index (χ1) is 8.06. The zero-order chi connectivity index (χ0) is 12.7. The molecule has 0 aliphatic carbocycles. The Balaban J connectivity index is 0.00000289. The molecule has 0 aliphatic rings. The predicted octanol–water partition coefficient (Wildman–Crippen LogP) is 1.69. The maximum atomic E-state index is 11.8. The molecule has 0 atom stereocenters. The van der Waals surface area contributed by atoms with Gasteiger partial charge in [-0.2, -0.15) is 0 Å². The molecule has 0 heterocycles. The van der Waals surface area contributed by atoms with Crippen molar-refractivity contribution in [3.05, 3.63) is 29.8 Å². The number of nitrogens with one attached hydrogen (secondary N) is 2. The number of sulfonamides is 1. The van der Waals surface area contributed by atoms with Crippen molar-refractivity contribution in [2.45, 2.75) is 25.2 Å². The van der Waals surface area contributed by atoms with Crippen LogP contribution in [0.25, 0.3) is 0 Å². The SMILES string of the molecule is CCCNCCNS(=O)(=O)c1ccc(C)cc1.Cl. The fourth-order valence-corrected chi connectivity index (χ4v) is 2.41. The lowest BCUT2D eigenvalue weighted by Gasteiger charge is -2.07. The Morgan fingerprint density at radius 3 is 2.22 bits per heavy atom. The first-order valence-corrected chi connectivity index (χ1v) is 7.31. The Kier molecular flexibility index (Phi) is 8.18. The molecule has 0 spiro atoms. The lowest BCUT2D eigenvalue weighted by atomic mass is 10.2. The highest BCUT2D eigenvalue weighted by atomic mass is 35.5. The fraction of sp³-hybridized carbons (Fsp3) is 0.500. The van der Waals surface area contributed by atoms with E-state index in [4.69, 9.17) is 0 Å². The van der Waals surface area contributed by atoms with Crippen LogP contribution in [0.3, 0.4) is 0 Å². The van der Waals surface area contributed by atoms with Gasteiger partial charge >= 0.3 is 0 Å².